The van der Waals surface area contributed by atoms with Crippen LogP contribution in [0.25, 0.3) is 11.4 Å². The van der Waals surface area contributed by atoms with E-state index in [9.17, 15) is 9.59 Å². The van der Waals surface area contributed by atoms with Gasteiger partial charge in [-0.05, 0) is 64.9 Å². The number of fused-ring (bicyclic) bond motifs is 1. The average molecular weight is 485 g/mol. The van der Waals surface area contributed by atoms with E-state index >= 15 is 0 Å². The zero-order valence-electron chi connectivity index (χ0n) is 21.1. The molecule has 2 atom stereocenters. The number of hydrogen-bond acceptors (Lipinski definition) is 7. The topological polar surface area (TPSA) is 114 Å². The van der Waals surface area contributed by atoms with Gasteiger partial charge in [-0.1, -0.05) is 13.0 Å². The van der Waals surface area contributed by atoms with Gasteiger partial charge in [-0.2, -0.15) is 9.50 Å². The second kappa shape index (κ2) is 9.05. The summed E-state index contributed by atoms with van der Waals surface area (Å²) in [5.41, 5.74) is 1.46. The Labute approximate surface area is 205 Å². The first-order valence-electron chi connectivity index (χ1n) is 12.8. The standard InChI is InChI=1S/C25H36N6O4/c1-5-17-19(18-15-26-12-13-30(18)23(33)35-24(2,3)4)21(32)31-22(27-17)28-20(29-31)16-7-10-25(11-8-16)9-6-14-34-25/h7,18,26H,5-6,8-15H2,1-4H3,(H,27,28,29). The van der Waals surface area contributed by atoms with E-state index in [0.29, 0.717) is 43.2 Å². The van der Waals surface area contributed by atoms with Crippen molar-refractivity contribution in [1.82, 2.24) is 29.8 Å². The fraction of sp³-hybridized carbons (Fsp3) is 0.680. The minimum Gasteiger partial charge on any atom is -0.444 e. The maximum absolute atomic E-state index is 13.8. The second-order valence-corrected chi connectivity index (χ2v) is 10.8. The zero-order valence-corrected chi connectivity index (χ0v) is 21.1. The molecule has 2 saturated heterocycles. The van der Waals surface area contributed by atoms with Crippen LogP contribution in [0.2, 0.25) is 0 Å². The predicted molar refractivity (Wildman–Crippen MR) is 131 cm³/mol. The van der Waals surface area contributed by atoms with Crippen LogP contribution in [-0.2, 0) is 15.9 Å². The molecule has 1 amide bonds. The Balaban J connectivity index is 1.50. The van der Waals surface area contributed by atoms with E-state index in [-0.39, 0.29) is 11.2 Å². The van der Waals surface area contributed by atoms with Crippen molar-refractivity contribution in [3.8, 4) is 0 Å². The molecule has 1 aliphatic carbocycles. The molecular weight excluding hydrogens is 448 g/mol. The van der Waals surface area contributed by atoms with E-state index < -0.39 is 17.7 Å². The van der Waals surface area contributed by atoms with Gasteiger partial charge in [0.15, 0.2) is 5.82 Å². The SMILES string of the molecule is CCc1[nH]c2nc(C3=CCC4(CCCO4)CC3)nn2c(=O)c1C1CNCCN1C(=O)OC(C)(C)C. The lowest BCUT2D eigenvalue weighted by Gasteiger charge is -2.37. The molecule has 2 aromatic rings. The Bertz CT molecular complexity index is 1200. The van der Waals surface area contributed by atoms with Gasteiger partial charge in [0.25, 0.3) is 5.56 Å². The van der Waals surface area contributed by atoms with Crippen molar-refractivity contribution >= 4 is 17.4 Å². The molecule has 0 saturated carbocycles. The van der Waals surface area contributed by atoms with Gasteiger partial charge < -0.3 is 19.8 Å². The maximum Gasteiger partial charge on any atom is 0.410 e. The van der Waals surface area contributed by atoms with Crippen LogP contribution in [0.4, 0.5) is 4.79 Å². The molecule has 2 fully saturated rings. The Morgan fingerprint density at radius 3 is 2.83 bits per heavy atom. The molecule has 5 rings (SSSR count). The fourth-order valence-corrected chi connectivity index (χ4v) is 5.43. The number of aromatic nitrogens is 4. The third-order valence-corrected chi connectivity index (χ3v) is 7.22. The van der Waals surface area contributed by atoms with Crippen molar-refractivity contribution in [1.29, 1.82) is 0 Å². The Morgan fingerprint density at radius 1 is 1.34 bits per heavy atom. The van der Waals surface area contributed by atoms with Crippen LogP contribution in [0.3, 0.4) is 0 Å². The van der Waals surface area contributed by atoms with Crippen molar-refractivity contribution in [3.05, 3.63) is 33.5 Å². The van der Waals surface area contributed by atoms with Crippen LogP contribution >= 0.6 is 0 Å². The van der Waals surface area contributed by atoms with Crippen molar-refractivity contribution < 1.29 is 14.3 Å². The highest BCUT2D eigenvalue weighted by Gasteiger charge is 2.38. The van der Waals surface area contributed by atoms with Gasteiger partial charge in [0.1, 0.15) is 5.60 Å². The molecule has 0 aromatic carbocycles. The molecule has 2 aliphatic heterocycles. The third-order valence-electron chi connectivity index (χ3n) is 7.22. The lowest BCUT2D eigenvalue weighted by Crippen LogP contribution is -2.52. The van der Waals surface area contributed by atoms with E-state index in [0.717, 1.165) is 50.0 Å². The van der Waals surface area contributed by atoms with Gasteiger partial charge in [-0.3, -0.25) is 9.69 Å². The zero-order chi connectivity index (χ0) is 24.8. The lowest BCUT2D eigenvalue weighted by atomic mass is 9.83. The number of aromatic amines is 1. The van der Waals surface area contributed by atoms with Gasteiger partial charge in [-0.25, -0.2) is 4.79 Å². The van der Waals surface area contributed by atoms with Crippen molar-refractivity contribution in [2.45, 2.75) is 83.5 Å². The number of carbonyl (C=O) groups excluding carboxylic acids is 1. The first-order valence-corrected chi connectivity index (χ1v) is 12.8. The minimum atomic E-state index is -0.618. The number of nitrogens with one attached hydrogen (secondary N) is 2. The number of nitrogens with zero attached hydrogens (tertiary/aromatic N) is 4. The van der Waals surface area contributed by atoms with Gasteiger partial charge in [0.05, 0.1) is 17.2 Å². The summed E-state index contributed by atoms with van der Waals surface area (Å²) >= 11 is 0. The summed E-state index contributed by atoms with van der Waals surface area (Å²) in [7, 11) is 0. The Kier molecular flexibility index (Phi) is 6.21. The van der Waals surface area contributed by atoms with Crippen molar-refractivity contribution in [3.63, 3.8) is 0 Å². The Hall–Kier alpha value is -2.72. The highest BCUT2D eigenvalue weighted by Crippen LogP contribution is 2.40. The van der Waals surface area contributed by atoms with E-state index in [2.05, 4.69) is 26.5 Å². The normalized spacial score (nSPS) is 25.3. The highest BCUT2D eigenvalue weighted by atomic mass is 16.6. The van der Waals surface area contributed by atoms with Gasteiger partial charge in [0.2, 0.25) is 5.78 Å². The number of piperazine rings is 1. The van der Waals surface area contributed by atoms with Crippen LogP contribution in [0, 0.1) is 0 Å². The predicted octanol–water partition coefficient (Wildman–Crippen LogP) is 2.98. The first kappa shape index (κ1) is 24.0. The maximum atomic E-state index is 13.8. The monoisotopic (exact) mass is 484 g/mol. The van der Waals surface area contributed by atoms with E-state index in [1.165, 1.54) is 4.52 Å². The van der Waals surface area contributed by atoms with Crippen molar-refractivity contribution in [2.75, 3.05) is 26.2 Å². The van der Waals surface area contributed by atoms with E-state index in [4.69, 9.17) is 9.47 Å². The summed E-state index contributed by atoms with van der Waals surface area (Å²) in [5, 5.41) is 7.93. The number of rotatable bonds is 3. The van der Waals surface area contributed by atoms with Gasteiger partial charge in [0, 0.05) is 31.9 Å². The summed E-state index contributed by atoms with van der Waals surface area (Å²) in [6.07, 6.45) is 7.21. The first-order chi connectivity index (χ1) is 16.7. The molecule has 2 aromatic heterocycles. The molecular formula is C25H36N6O4. The second-order valence-electron chi connectivity index (χ2n) is 10.8. The molecule has 4 heterocycles. The molecule has 0 radical (unpaired) electrons. The van der Waals surface area contributed by atoms with Gasteiger partial charge in [-0.15, -0.1) is 5.10 Å². The average Bonchev–Trinajstić information content (AvgIpc) is 3.46. The molecule has 3 aliphatic rings. The van der Waals surface area contributed by atoms with Crippen LogP contribution in [0.15, 0.2) is 10.9 Å². The molecule has 0 bridgehead atoms. The number of hydrogen-bond donors (Lipinski definition) is 2. The van der Waals surface area contributed by atoms with E-state index in [1.807, 2.05) is 27.7 Å². The summed E-state index contributed by atoms with van der Waals surface area (Å²) < 4.78 is 13.0. The smallest absolute Gasteiger partial charge is 0.410 e. The number of aryl methyl sites for hydroxylation is 1. The van der Waals surface area contributed by atoms with Crippen LogP contribution in [0.5, 0.6) is 0 Å². The number of amides is 1. The highest BCUT2D eigenvalue weighted by molar-refractivity contribution is 5.69. The molecule has 190 valence electrons. The lowest BCUT2D eigenvalue weighted by molar-refractivity contribution is -0.00165. The molecule has 1 spiro atoms. The summed E-state index contributed by atoms with van der Waals surface area (Å²) in [6.45, 7) is 9.92. The summed E-state index contributed by atoms with van der Waals surface area (Å²) in [6, 6.07) is -0.456. The molecule has 10 heteroatoms. The van der Waals surface area contributed by atoms with E-state index in [1.54, 1.807) is 4.90 Å². The minimum absolute atomic E-state index is 0.0276. The summed E-state index contributed by atoms with van der Waals surface area (Å²) in [4.78, 5) is 36.4. The molecule has 10 nitrogen and oxygen atoms in total. The van der Waals surface area contributed by atoms with Crippen LogP contribution in [-0.4, -0.2) is 68.0 Å². The number of allylic oxidation sites excluding steroid dienone is 1. The molecule has 35 heavy (non-hydrogen) atoms. The third kappa shape index (κ3) is 4.61. The number of ether oxygens (including phenoxy) is 2. The van der Waals surface area contributed by atoms with Crippen LogP contribution < -0.4 is 10.9 Å². The quantitative estimate of drug-likeness (QED) is 0.688. The number of H-pyrrole nitrogens is 1. The largest absolute Gasteiger partial charge is 0.444 e. The van der Waals surface area contributed by atoms with Gasteiger partial charge >= 0.3 is 6.09 Å². The van der Waals surface area contributed by atoms with Crippen molar-refractivity contribution in [2.24, 2.45) is 0 Å². The molecule has 2 unspecified atom stereocenters. The molecule has 2 N–H and O–H groups in total. The fourth-order valence-electron chi connectivity index (χ4n) is 5.43. The summed E-state index contributed by atoms with van der Waals surface area (Å²) in [5.74, 6) is 1.01. The number of carbonyl (C=O) groups is 1. The Morgan fingerprint density at radius 2 is 2.17 bits per heavy atom. The van der Waals surface area contributed by atoms with Crippen LogP contribution in [0.1, 0.15) is 82.9 Å².